The standard InChI is InChI=1S/C14H21NO2/c1-4-12-7-8-13(17-12)14(16)15(9-10(2)3)11-5-6-11/h7-8,10-11H,4-6,9H2,1-3H3. The van der Waals surface area contributed by atoms with Crippen LogP contribution in [0.5, 0.6) is 0 Å². The van der Waals surface area contributed by atoms with Gasteiger partial charge >= 0.3 is 0 Å². The Morgan fingerprint density at radius 3 is 2.65 bits per heavy atom. The van der Waals surface area contributed by atoms with Crippen molar-refractivity contribution in [1.29, 1.82) is 0 Å². The summed E-state index contributed by atoms with van der Waals surface area (Å²) in [7, 11) is 0. The van der Waals surface area contributed by atoms with E-state index in [1.165, 1.54) is 0 Å². The van der Waals surface area contributed by atoms with Gasteiger partial charge in [-0.05, 0) is 30.9 Å². The number of aryl methyl sites for hydroxylation is 1. The van der Waals surface area contributed by atoms with Crippen LogP contribution in [0.1, 0.15) is 49.9 Å². The van der Waals surface area contributed by atoms with Crippen LogP contribution in [0, 0.1) is 5.92 Å². The quantitative estimate of drug-likeness (QED) is 0.785. The molecule has 1 fully saturated rings. The van der Waals surface area contributed by atoms with E-state index in [4.69, 9.17) is 4.42 Å². The Bertz CT molecular complexity index is 391. The molecule has 1 aromatic rings. The maximum atomic E-state index is 12.3. The largest absolute Gasteiger partial charge is 0.456 e. The first kappa shape index (κ1) is 12.2. The molecule has 0 atom stereocenters. The van der Waals surface area contributed by atoms with Gasteiger partial charge in [0.05, 0.1) is 0 Å². The zero-order valence-corrected chi connectivity index (χ0v) is 10.9. The molecule has 94 valence electrons. The van der Waals surface area contributed by atoms with E-state index >= 15 is 0 Å². The fourth-order valence-corrected chi connectivity index (χ4v) is 2.00. The molecule has 2 rings (SSSR count). The number of carbonyl (C=O) groups is 1. The topological polar surface area (TPSA) is 33.5 Å². The smallest absolute Gasteiger partial charge is 0.289 e. The van der Waals surface area contributed by atoms with Gasteiger partial charge in [0.15, 0.2) is 5.76 Å². The summed E-state index contributed by atoms with van der Waals surface area (Å²) in [5.41, 5.74) is 0. The highest BCUT2D eigenvalue weighted by molar-refractivity contribution is 5.92. The highest BCUT2D eigenvalue weighted by Gasteiger charge is 2.34. The van der Waals surface area contributed by atoms with Gasteiger partial charge in [-0.15, -0.1) is 0 Å². The van der Waals surface area contributed by atoms with Crippen molar-refractivity contribution in [3.63, 3.8) is 0 Å². The van der Waals surface area contributed by atoms with E-state index in [0.29, 0.717) is 17.7 Å². The monoisotopic (exact) mass is 235 g/mol. The van der Waals surface area contributed by atoms with Crippen LogP contribution in [-0.4, -0.2) is 23.4 Å². The second-order valence-corrected chi connectivity index (χ2v) is 5.20. The third-order valence-electron chi connectivity index (χ3n) is 3.03. The summed E-state index contributed by atoms with van der Waals surface area (Å²) in [6.45, 7) is 7.13. The number of rotatable bonds is 5. The summed E-state index contributed by atoms with van der Waals surface area (Å²) >= 11 is 0. The zero-order chi connectivity index (χ0) is 12.4. The van der Waals surface area contributed by atoms with Gasteiger partial charge in [0.1, 0.15) is 5.76 Å². The molecule has 3 nitrogen and oxygen atoms in total. The molecular formula is C14H21NO2. The second-order valence-electron chi connectivity index (χ2n) is 5.20. The van der Waals surface area contributed by atoms with Gasteiger partial charge in [-0.25, -0.2) is 0 Å². The van der Waals surface area contributed by atoms with Crippen molar-refractivity contribution in [2.24, 2.45) is 5.92 Å². The molecule has 1 aromatic heterocycles. The third-order valence-corrected chi connectivity index (χ3v) is 3.03. The van der Waals surface area contributed by atoms with Crippen molar-refractivity contribution in [2.45, 2.75) is 46.1 Å². The molecule has 0 bridgehead atoms. The maximum absolute atomic E-state index is 12.3. The van der Waals surface area contributed by atoms with Crippen LogP contribution in [0.25, 0.3) is 0 Å². The second kappa shape index (κ2) is 4.94. The highest BCUT2D eigenvalue weighted by atomic mass is 16.4. The Kier molecular flexibility index (Phi) is 3.55. The average Bonchev–Trinajstić information content (AvgIpc) is 3.02. The predicted octanol–water partition coefficient (Wildman–Crippen LogP) is 3.10. The molecule has 0 aliphatic heterocycles. The van der Waals surface area contributed by atoms with Gasteiger partial charge in [-0.2, -0.15) is 0 Å². The van der Waals surface area contributed by atoms with Crippen molar-refractivity contribution >= 4 is 5.91 Å². The maximum Gasteiger partial charge on any atom is 0.289 e. The van der Waals surface area contributed by atoms with Gasteiger partial charge in [-0.3, -0.25) is 4.79 Å². The lowest BCUT2D eigenvalue weighted by atomic mass is 10.2. The van der Waals surface area contributed by atoms with E-state index in [1.807, 2.05) is 17.9 Å². The first-order chi connectivity index (χ1) is 8.11. The summed E-state index contributed by atoms with van der Waals surface area (Å²) in [4.78, 5) is 14.3. The van der Waals surface area contributed by atoms with Gasteiger partial charge in [0, 0.05) is 19.0 Å². The van der Waals surface area contributed by atoms with Crippen LogP contribution in [0.4, 0.5) is 0 Å². The minimum absolute atomic E-state index is 0.0564. The van der Waals surface area contributed by atoms with Crippen molar-refractivity contribution in [1.82, 2.24) is 4.90 Å². The molecule has 0 spiro atoms. The number of hydrogen-bond acceptors (Lipinski definition) is 2. The number of nitrogens with zero attached hydrogens (tertiary/aromatic N) is 1. The highest BCUT2D eigenvalue weighted by Crippen LogP contribution is 2.29. The molecule has 1 aliphatic carbocycles. The van der Waals surface area contributed by atoms with Crippen LogP contribution < -0.4 is 0 Å². The Labute approximate surface area is 103 Å². The minimum atomic E-state index is 0.0564. The Hall–Kier alpha value is -1.25. The molecule has 1 aliphatic rings. The molecule has 0 radical (unpaired) electrons. The number of carbonyl (C=O) groups excluding carboxylic acids is 1. The molecule has 3 heteroatoms. The van der Waals surface area contributed by atoms with Crippen LogP contribution in [0.15, 0.2) is 16.5 Å². The summed E-state index contributed by atoms with van der Waals surface area (Å²) in [5.74, 6) is 1.93. The average molecular weight is 235 g/mol. The first-order valence-corrected chi connectivity index (χ1v) is 6.51. The molecular weight excluding hydrogens is 214 g/mol. The third kappa shape index (κ3) is 2.90. The van der Waals surface area contributed by atoms with E-state index in [0.717, 1.165) is 31.6 Å². The summed E-state index contributed by atoms with van der Waals surface area (Å²) in [5, 5.41) is 0. The van der Waals surface area contributed by atoms with E-state index < -0.39 is 0 Å². The molecule has 1 heterocycles. The molecule has 1 amide bonds. The molecule has 0 N–H and O–H groups in total. The number of furan rings is 1. The zero-order valence-electron chi connectivity index (χ0n) is 10.9. The molecule has 17 heavy (non-hydrogen) atoms. The van der Waals surface area contributed by atoms with Crippen LogP contribution in [0.3, 0.4) is 0 Å². The Balaban J connectivity index is 2.09. The SMILES string of the molecule is CCc1ccc(C(=O)N(CC(C)C)C2CC2)o1. The Morgan fingerprint density at radius 1 is 1.47 bits per heavy atom. The molecule has 0 unspecified atom stereocenters. The van der Waals surface area contributed by atoms with Gasteiger partial charge in [0.25, 0.3) is 5.91 Å². The van der Waals surface area contributed by atoms with Crippen LogP contribution >= 0.6 is 0 Å². The summed E-state index contributed by atoms with van der Waals surface area (Å²) in [6.07, 6.45) is 3.11. The number of amides is 1. The molecule has 0 aromatic carbocycles. The summed E-state index contributed by atoms with van der Waals surface area (Å²) in [6, 6.07) is 4.14. The van der Waals surface area contributed by atoms with E-state index in [9.17, 15) is 4.79 Å². The first-order valence-electron chi connectivity index (χ1n) is 6.51. The van der Waals surface area contributed by atoms with Gasteiger partial charge < -0.3 is 9.32 Å². The minimum Gasteiger partial charge on any atom is -0.456 e. The molecule has 1 saturated carbocycles. The Morgan fingerprint density at radius 2 is 2.18 bits per heavy atom. The fourth-order valence-electron chi connectivity index (χ4n) is 2.00. The van der Waals surface area contributed by atoms with Crippen molar-refractivity contribution < 1.29 is 9.21 Å². The van der Waals surface area contributed by atoms with Gasteiger partial charge in [0.2, 0.25) is 0 Å². The van der Waals surface area contributed by atoms with E-state index in [1.54, 1.807) is 6.07 Å². The van der Waals surface area contributed by atoms with Gasteiger partial charge in [-0.1, -0.05) is 20.8 Å². The lowest BCUT2D eigenvalue weighted by Crippen LogP contribution is -2.35. The van der Waals surface area contributed by atoms with E-state index in [2.05, 4.69) is 13.8 Å². The number of hydrogen-bond donors (Lipinski definition) is 0. The molecule has 0 saturated heterocycles. The van der Waals surface area contributed by atoms with Crippen molar-refractivity contribution in [2.75, 3.05) is 6.54 Å². The van der Waals surface area contributed by atoms with Crippen LogP contribution in [-0.2, 0) is 6.42 Å². The fraction of sp³-hybridized carbons (Fsp3) is 0.643. The van der Waals surface area contributed by atoms with Crippen molar-refractivity contribution in [3.8, 4) is 0 Å². The van der Waals surface area contributed by atoms with Crippen LogP contribution in [0.2, 0.25) is 0 Å². The normalized spacial score (nSPS) is 15.3. The lowest BCUT2D eigenvalue weighted by Gasteiger charge is -2.23. The summed E-state index contributed by atoms with van der Waals surface area (Å²) < 4.78 is 5.54. The van der Waals surface area contributed by atoms with Crippen molar-refractivity contribution in [3.05, 3.63) is 23.7 Å². The predicted molar refractivity (Wildman–Crippen MR) is 67.0 cm³/mol. The van der Waals surface area contributed by atoms with E-state index in [-0.39, 0.29) is 5.91 Å². The lowest BCUT2D eigenvalue weighted by molar-refractivity contribution is 0.0688.